The molecule has 0 spiro atoms. The number of hydrogen-bond donors (Lipinski definition) is 0. The van der Waals surface area contributed by atoms with Gasteiger partial charge >= 0.3 is 11.9 Å². The van der Waals surface area contributed by atoms with E-state index in [1.165, 1.54) is 12.1 Å². The van der Waals surface area contributed by atoms with Crippen LogP contribution >= 0.6 is 0 Å². The SMILES string of the molecule is C=C.CC(C)(C)OC(=O)CCCC(=O)ON1C(=O)c2ccccc2C1=O. The summed E-state index contributed by atoms with van der Waals surface area (Å²) >= 11 is 0. The molecule has 0 atom stereocenters. The Morgan fingerprint density at radius 1 is 0.962 bits per heavy atom. The Labute approximate surface area is 152 Å². The molecule has 1 aliphatic rings. The van der Waals surface area contributed by atoms with Crippen LogP contribution in [0.15, 0.2) is 37.4 Å². The highest BCUT2D eigenvalue weighted by atomic mass is 16.7. The molecule has 0 bridgehead atoms. The molecule has 2 rings (SSSR count). The molecule has 1 aromatic rings. The Morgan fingerprint density at radius 2 is 1.42 bits per heavy atom. The van der Waals surface area contributed by atoms with Gasteiger partial charge in [0.2, 0.25) is 0 Å². The van der Waals surface area contributed by atoms with Crippen molar-refractivity contribution in [2.75, 3.05) is 0 Å². The summed E-state index contributed by atoms with van der Waals surface area (Å²) in [7, 11) is 0. The van der Waals surface area contributed by atoms with E-state index < -0.39 is 29.4 Å². The summed E-state index contributed by atoms with van der Waals surface area (Å²) in [5.74, 6) is -2.52. The van der Waals surface area contributed by atoms with Gasteiger partial charge in [0.25, 0.3) is 11.8 Å². The maximum absolute atomic E-state index is 12.0. The van der Waals surface area contributed by atoms with Crippen molar-refractivity contribution in [2.24, 2.45) is 0 Å². The Bertz CT molecular complexity index is 669. The van der Waals surface area contributed by atoms with E-state index in [4.69, 9.17) is 9.57 Å². The van der Waals surface area contributed by atoms with Crippen molar-refractivity contribution in [3.8, 4) is 0 Å². The molecule has 0 aromatic heterocycles. The lowest BCUT2D eigenvalue weighted by atomic mass is 10.1. The molecule has 0 aliphatic carbocycles. The zero-order chi connectivity index (χ0) is 19.9. The van der Waals surface area contributed by atoms with Crippen LogP contribution in [-0.4, -0.2) is 34.4 Å². The van der Waals surface area contributed by atoms with Crippen LogP contribution in [-0.2, 0) is 19.2 Å². The lowest BCUT2D eigenvalue weighted by Crippen LogP contribution is -2.32. The average molecular weight is 361 g/mol. The Kier molecular flexibility index (Phi) is 7.25. The molecule has 1 heterocycles. The first-order valence-electron chi connectivity index (χ1n) is 8.09. The third kappa shape index (κ3) is 5.54. The van der Waals surface area contributed by atoms with E-state index in [0.29, 0.717) is 5.06 Å². The van der Waals surface area contributed by atoms with Crippen LogP contribution in [0.25, 0.3) is 0 Å². The average Bonchev–Trinajstić information content (AvgIpc) is 2.80. The predicted octanol–water partition coefficient (Wildman–Crippen LogP) is 3.06. The summed E-state index contributed by atoms with van der Waals surface area (Å²) in [6.45, 7) is 11.3. The summed E-state index contributed by atoms with van der Waals surface area (Å²) in [6, 6.07) is 6.23. The van der Waals surface area contributed by atoms with Gasteiger partial charge in [-0.05, 0) is 39.3 Å². The molecular formula is C19H23NO6. The van der Waals surface area contributed by atoms with E-state index in [-0.39, 0.29) is 30.4 Å². The first-order valence-corrected chi connectivity index (χ1v) is 8.09. The molecule has 0 radical (unpaired) electrons. The number of ether oxygens (including phenoxy) is 1. The molecule has 7 nitrogen and oxygen atoms in total. The number of esters is 1. The van der Waals surface area contributed by atoms with Gasteiger partial charge in [-0.15, -0.1) is 13.2 Å². The topological polar surface area (TPSA) is 90.0 Å². The van der Waals surface area contributed by atoms with E-state index in [2.05, 4.69) is 13.2 Å². The molecule has 0 fully saturated rings. The molecule has 0 saturated carbocycles. The smallest absolute Gasteiger partial charge is 0.333 e. The largest absolute Gasteiger partial charge is 0.460 e. The maximum Gasteiger partial charge on any atom is 0.333 e. The van der Waals surface area contributed by atoms with Crippen molar-refractivity contribution in [1.82, 2.24) is 5.06 Å². The fourth-order valence-electron chi connectivity index (χ4n) is 2.17. The molecule has 1 aromatic carbocycles. The highest BCUT2D eigenvalue weighted by Gasteiger charge is 2.38. The third-order valence-electron chi connectivity index (χ3n) is 3.13. The molecule has 26 heavy (non-hydrogen) atoms. The Balaban J connectivity index is 0.00000163. The zero-order valence-corrected chi connectivity index (χ0v) is 15.2. The first-order chi connectivity index (χ1) is 12.2. The number of nitrogens with zero attached hydrogens (tertiary/aromatic N) is 1. The number of carbonyl (C=O) groups is 4. The van der Waals surface area contributed by atoms with E-state index >= 15 is 0 Å². The number of hydrogen-bond acceptors (Lipinski definition) is 6. The second kappa shape index (κ2) is 8.94. The molecule has 0 unspecified atom stereocenters. The fourth-order valence-corrected chi connectivity index (χ4v) is 2.17. The van der Waals surface area contributed by atoms with Gasteiger partial charge in [-0.1, -0.05) is 17.2 Å². The minimum absolute atomic E-state index is 0.0501. The van der Waals surface area contributed by atoms with Gasteiger partial charge in [0, 0.05) is 12.8 Å². The van der Waals surface area contributed by atoms with Gasteiger partial charge in [0.15, 0.2) is 0 Å². The van der Waals surface area contributed by atoms with Crippen molar-refractivity contribution in [3.63, 3.8) is 0 Å². The normalized spacial score (nSPS) is 12.8. The van der Waals surface area contributed by atoms with E-state index in [9.17, 15) is 19.2 Å². The molecule has 0 N–H and O–H groups in total. The quantitative estimate of drug-likeness (QED) is 0.455. The monoisotopic (exact) mass is 361 g/mol. The number of imide groups is 1. The molecule has 2 amide bonds. The second-order valence-electron chi connectivity index (χ2n) is 6.35. The van der Waals surface area contributed by atoms with Crippen molar-refractivity contribution in [1.29, 1.82) is 0 Å². The van der Waals surface area contributed by atoms with Gasteiger partial charge in [-0.2, -0.15) is 0 Å². The molecule has 7 heteroatoms. The minimum atomic E-state index is -0.756. The van der Waals surface area contributed by atoms with Crippen LogP contribution in [0.3, 0.4) is 0 Å². The number of carbonyl (C=O) groups excluding carboxylic acids is 4. The van der Waals surface area contributed by atoms with Crippen LogP contribution in [0.5, 0.6) is 0 Å². The van der Waals surface area contributed by atoms with Crippen molar-refractivity contribution >= 4 is 23.8 Å². The van der Waals surface area contributed by atoms with Crippen LogP contribution < -0.4 is 0 Å². The summed E-state index contributed by atoms with van der Waals surface area (Å²) in [6.07, 6.45) is 0.151. The highest BCUT2D eigenvalue weighted by Crippen LogP contribution is 2.23. The van der Waals surface area contributed by atoms with Gasteiger partial charge < -0.3 is 9.57 Å². The number of benzene rings is 1. The minimum Gasteiger partial charge on any atom is -0.460 e. The van der Waals surface area contributed by atoms with Gasteiger partial charge in [0.05, 0.1) is 11.1 Å². The van der Waals surface area contributed by atoms with Crippen LogP contribution in [0, 0.1) is 0 Å². The Morgan fingerprint density at radius 3 is 1.88 bits per heavy atom. The first kappa shape index (κ1) is 21.1. The molecule has 140 valence electrons. The lowest BCUT2D eigenvalue weighted by Gasteiger charge is -2.19. The standard InChI is InChI=1S/C17H19NO6.C2H4/c1-17(2,3)23-13(19)9-6-10-14(20)24-18-15(21)11-7-4-5-8-12(11)16(18)22;1-2/h4-5,7-8H,6,9-10H2,1-3H3;1-2H2. The maximum atomic E-state index is 12.0. The number of fused-ring (bicyclic) bond motifs is 1. The van der Waals surface area contributed by atoms with E-state index in [1.54, 1.807) is 32.9 Å². The summed E-state index contributed by atoms with van der Waals surface area (Å²) in [5, 5.41) is 0.459. The van der Waals surface area contributed by atoms with Gasteiger partial charge in [0.1, 0.15) is 5.60 Å². The second-order valence-corrected chi connectivity index (χ2v) is 6.35. The zero-order valence-electron chi connectivity index (χ0n) is 15.2. The summed E-state index contributed by atoms with van der Waals surface area (Å²) in [4.78, 5) is 52.2. The van der Waals surface area contributed by atoms with Crippen LogP contribution in [0.2, 0.25) is 0 Å². The van der Waals surface area contributed by atoms with E-state index in [0.717, 1.165) is 0 Å². The molecule has 1 aliphatic heterocycles. The highest BCUT2D eigenvalue weighted by molar-refractivity contribution is 6.20. The van der Waals surface area contributed by atoms with Crippen molar-refractivity contribution in [3.05, 3.63) is 48.6 Å². The van der Waals surface area contributed by atoms with Crippen molar-refractivity contribution in [2.45, 2.75) is 45.6 Å². The predicted molar refractivity (Wildman–Crippen MR) is 94.0 cm³/mol. The number of rotatable bonds is 5. The van der Waals surface area contributed by atoms with Gasteiger partial charge in [-0.3, -0.25) is 14.4 Å². The van der Waals surface area contributed by atoms with Gasteiger partial charge in [-0.25, -0.2) is 4.79 Å². The third-order valence-corrected chi connectivity index (χ3v) is 3.13. The molecule has 0 saturated heterocycles. The molecular weight excluding hydrogens is 338 g/mol. The van der Waals surface area contributed by atoms with Crippen LogP contribution in [0.1, 0.15) is 60.7 Å². The van der Waals surface area contributed by atoms with E-state index in [1.807, 2.05) is 0 Å². The summed E-state index contributed by atoms with van der Waals surface area (Å²) < 4.78 is 5.12. The fraction of sp³-hybridized carbons (Fsp3) is 0.368. The lowest BCUT2D eigenvalue weighted by molar-refractivity contribution is -0.168. The van der Waals surface area contributed by atoms with Crippen LogP contribution in [0.4, 0.5) is 0 Å². The summed E-state index contributed by atoms with van der Waals surface area (Å²) in [5.41, 5.74) is -0.189. The Hall–Kier alpha value is -2.96. The number of amides is 2. The number of hydroxylamine groups is 2. The van der Waals surface area contributed by atoms with Crippen molar-refractivity contribution < 1.29 is 28.8 Å².